The molecule has 0 aliphatic heterocycles. The minimum atomic E-state index is -1.73. The molecule has 0 aromatic carbocycles. The van der Waals surface area contributed by atoms with Crippen molar-refractivity contribution < 1.29 is 19.6 Å². The van der Waals surface area contributed by atoms with Gasteiger partial charge in [0, 0.05) is 6.54 Å². The first-order valence-corrected chi connectivity index (χ1v) is 6.95. The molecule has 6 heteroatoms. The normalized spacial score (nSPS) is 12.4. The Morgan fingerprint density at radius 2 is 2.12 bits per heavy atom. The third-order valence-electron chi connectivity index (χ3n) is 1.98. The third kappa shape index (κ3) is 7.37. The highest BCUT2D eigenvalue weighted by Gasteiger charge is 2.13. The van der Waals surface area contributed by atoms with Gasteiger partial charge < -0.3 is 15.5 Å². The number of allylic oxidation sites excluding steroid dienone is 1. The average molecular weight is 248 g/mol. The fraction of sp³-hybridized carbons (Fsp3) is 0.700. The van der Waals surface area contributed by atoms with Crippen molar-refractivity contribution in [2.45, 2.75) is 26.2 Å². The molecule has 0 rings (SSSR count). The van der Waals surface area contributed by atoms with Gasteiger partial charge in [-0.25, -0.2) is 4.79 Å². The summed E-state index contributed by atoms with van der Waals surface area (Å²) in [6, 6.07) is 0. The molecule has 0 amide bonds. The van der Waals surface area contributed by atoms with Crippen LogP contribution < -0.4 is 5.32 Å². The number of aliphatic hydroxyl groups is 1. The zero-order valence-electron chi connectivity index (χ0n) is 9.48. The number of carbonyl (C=O) groups is 1. The Morgan fingerprint density at radius 3 is 2.62 bits per heavy atom. The van der Waals surface area contributed by atoms with E-state index in [1.54, 1.807) is 0 Å². The van der Waals surface area contributed by atoms with Crippen LogP contribution in [0.25, 0.3) is 0 Å². The summed E-state index contributed by atoms with van der Waals surface area (Å²) in [5.41, 5.74) is 0.0629. The van der Waals surface area contributed by atoms with E-state index in [9.17, 15) is 9.36 Å². The number of carboxylic acids is 1. The second-order valence-electron chi connectivity index (χ2n) is 3.36. The molecule has 0 radical (unpaired) electrons. The molecule has 0 aliphatic rings. The van der Waals surface area contributed by atoms with Crippen LogP contribution in [0.5, 0.6) is 0 Å². The minimum absolute atomic E-state index is 0.0629. The van der Waals surface area contributed by atoms with Gasteiger partial charge >= 0.3 is 13.8 Å². The van der Waals surface area contributed by atoms with Crippen molar-refractivity contribution in [3.63, 3.8) is 0 Å². The molecule has 5 nitrogen and oxygen atoms in total. The topological polar surface area (TPSA) is 86.6 Å². The molecule has 0 aliphatic carbocycles. The molecule has 92 valence electrons. The Morgan fingerprint density at radius 1 is 1.44 bits per heavy atom. The summed E-state index contributed by atoms with van der Waals surface area (Å²) in [7, 11) is -1.73. The largest absolute Gasteiger partial charge is 0.477 e. The first-order chi connectivity index (χ1) is 7.61. The molecule has 1 atom stereocenters. The van der Waals surface area contributed by atoms with Gasteiger partial charge in [0.25, 0.3) is 0 Å². The van der Waals surface area contributed by atoms with Crippen LogP contribution in [-0.2, 0) is 9.36 Å². The second-order valence-corrected chi connectivity index (χ2v) is 4.97. The van der Waals surface area contributed by atoms with Gasteiger partial charge in [-0.2, -0.15) is 0 Å². The van der Waals surface area contributed by atoms with E-state index in [1.807, 2.05) is 0 Å². The van der Waals surface area contributed by atoms with Gasteiger partial charge in [0.1, 0.15) is 5.70 Å². The molecule has 0 aromatic heterocycles. The van der Waals surface area contributed by atoms with Gasteiger partial charge in [-0.3, -0.25) is 0 Å². The van der Waals surface area contributed by atoms with E-state index >= 15 is 0 Å². The summed E-state index contributed by atoms with van der Waals surface area (Å²) < 4.78 is 10.9. The quantitative estimate of drug-likeness (QED) is 0.327. The van der Waals surface area contributed by atoms with Crippen molar-refractivity contribution in [3.8, 4) is 0 Å². The highest BCUT2D eigenvalue weighted by Crippen LogP contribution is 2.17. The van der Waals surface area contributed by atoms with Crippen LogP contribution in [0.1, 0.15) is 26.2 Å². The number of nitrogens with one attached hydrogen (secondary N) is 1. The molecular formula is C10H19NO4P+. The molecule has 0 spiro atoms. The lowest BCUT2D eigenvalue weighted by molar-refractivity contribution is -0.133. The molecule has 1 unspecified atom stereocenters. The predicted molar refractivity (Wildman–Crippen MR) is 62.8 cm³/mol. The molecule has 16 heavy (non-hydrogen) atoms. The number of aliphatic carboxylic acids is 1. The summed E-state index contributed by atoms with van der Waals surface area (Å²) in [6.07, 6.45) is 4.08. The lowest BCUT2D eigenvalue weighted by Crippen LogP contribution is -2.21. The highest BCUT2D eigenvalue weighted by atomic mass is 31.1. The lowest BCUT2D eigenvalue weighted by Gasteiger charge is -2.05. The van der Waals surface area contributed by atoms with Crippen molar-refractivity contribution in [2.75, 3.05) is 19.1 Å². The Kier molecular flexibility index (Phi) is 8.77. The molecule has 0 bridgehead atoms. The summed E-state index contributed by atoms with van der Waals surface area (Å²) in [5, 5.41) is 20.2. The maximum Gasteiger partial charge on any atom is 0.370 e. The summed E-state index contributed by atoms with van der Waals surface area (Å²) in [4.78, 5) is 10.8. The van der Waals surface area contributed by atoms with Gasteiger partial charge in [0.2, 0.25) is 6.35 Å². The fourth-order valence-corrected chi connectivity index (χ4v) is 1.59. The SMILES string of the molecule is CCCCCNC(=CC[P+](=O)CO)C(=O)O. The molecule has 0 fully saturated rings. The summed E-state index contributed by atoms with van der Waals surface area (Å²) in [6.45, 7) is 2.67. The number of hydrogen-bond donors (Lipinski definition) is 3. The molecule has 3 N–H and O–H groups in total. The number of rotatable bonds is 9. The van der Waals surface area contributed by atoms with E-state index in [-0.39, 0.29) is 11.9 Å². The van der Waals surface area contributed by atoms with Gasteiger partial charge in [0.15, 0.2) is 6.16 Å². The number of carboxylic acid groups (broad SMARTS) is 1. The van der Waals surface area contributed by atoms with E-state index < -0.39 is 20.1 Å². The summed E-state index contributed by atoms with van der Waals surface area (Å²) in [5.74, 6) is -1.06. The van der Waals surface area contributed by atoms with Gasteiger partial charge in [-0.05, 0) is 12.5 Å². The monoisotopic (exact) mass is 248 g/mol. The van der Waals surface area contributed by atoms with Crippen molar-refractivity contribution >= 4 is 13.8 Å². The molecule has 0 saturated heterocycles. The second kappa shape index (κ2) is 9.31. The Balaban J connectivity index is 4.06. The van der Waals surface area contributed by atoms with Crippen molar-refractivity contribution in [1.29, 1.82) is 0 Å². The van der Waals surface area contributed by atoms with E-state index in [0.29, 0.717) is 6.54 Å². The molecule has 0 heterocycles. The Labute approximate surface area is 96.3 Å². The Hall–Kier alpha value is -0.930. The van der Waals surface area contributed by atoms with Crippen molar-refractivity contribution in [3.05, 3.63) is 11.8 Å². The standard InChI is InChI=1S/C10H18NO4P/c1-2-3-4-6-11-9(10(13)14)5-7-16(15)8-12/h5,11-12H,2-4,6-8H2,1H3/p+1. The van der Waals surface area contributed by atoms with Crippen LogP contribution in [0.2, 0.25) is 0 Å². The van der Waals surface area contributed by atoms with Gasteiger partial charge in [0.05, 0.1) is 0 Å². The van der Waals surface area contributed by atoms with Gasteiger partial charge in [-0.1, -0.05) is 24.3 Å². The average Bonchev–Trinajstić information content (AvgIpc) is 2.27. The highest BCUT2D eigenvalue weighted by molar-refractivity contribution is 7.44. The van der Waals surface area contributed by atoms with Crippen LogP contribution in [0.4, 0.5) is 0 Å². The molecular weight excluding hydrogens is 229 g/mol. The van der Waals surface area contributed by atoms with E-state index in [4.69, 9.17) is 10.2 Å². The van der Waals surface area contributed by atoms with Crippen molar-refractivity contribution in [1.82, 2.24) is 5.32 Å². The lowest BCUT2D eigenvalue weighted by atomic mass is 10.2. The van der Waals surface area contributed by atoms with Crippen LogP contribution >= 0.6 is 7.80 Å². The van der Waals surface area contributed by atoms with E-state index in [1.165, 1.54) is 6.08 Å². The fourth-order valence-electron chi connectivity index (χ4n) is 1.08. The minimum Gasteiger partial charge on any atom is -0.477 e. The summed E-state index contributed by atoms with van der Waals surface area (Å²) >= 11 is 0. The molecule has 0 aromatic rings. The first-order valence-electron chi connectivity index (χ1n) is 5.32. The number of unbranched alkanes of at least 4 members (excludes halogenated alkanes) is 2. The van der Waals surface area contributed by atoms with Crippen molar-refractivity contribution in [2.24, 2.45) is 0 Å². The van der Waals surface area contributed by atoms with Crippen LogP contribution in [0.15, 0.2) is 11.8 Å². The van der Waals surface area contributed by atoms with Crippen LogP contribution in [0.3, 0.4) is 0 Å². The van der Waals surface area contributed by atoms with E-state index in [0.717, 1.165) is 19.3 Å². The third-order valence-corrected chi connectivity index (χ3v) is 2.89. The Bertz CT molecular complexity index is 266. The number of hydrogen-bond acceptors (Lipinski definition) is 4. The van der Waals surface area contributed by atoms with Crippen LogP contribution in [-0.4, -0.2) is 35.2 Å². The van der Waals surface area contributed by atoms with Gasteiger partial charge in [-0.15, -0.1) is 0 Å². The smallest absolute Gasteiger partial charge is 0.370 e. The predicted octanol–water partition coefficient (Wildman–Crippen LogP) is 1.51. The van der Waals surface area contributed by atoms with E-state index in [2.05, 4.69) is 12.2 Å². The molecule has 0 saturated carbocycles. The maximum absolute atomic E-state index is 10.9. The zero-order valence-corrected chi connectivity index (χ0v) is 10.4. The maximum atomic E-state index is 10.9. The first kappa shape index (κ1) is 15.1. The van der Waals surface area contributed by atoms with Crippen LogP contribution in [0, 0.1) is 0 Å². The number of aliphatic hydroxyl groups excluding tert-OH is 1. The zero-order chi connectivity index (χ0) is 12.4.